The molecule has 1 aromatic rings. The first-order valence-corrected chi connectivity index (χ1v) is 5.77. The molecule has 1 N–H and O–H groups in total. The van der Waals surface area contributed by atoms with Gasteiger partial charge < -0.3 is 9.50 Å². The average molecular weight is 244 g/mol. The molecule has 0 saturated carbocycles. The summed E-state index contributed by atoms with van der Waals surface area (Å²) in [5.74, 6) is 0.495. The van der Waals surface area contributed by atoms with Crippen LogP contribution in [0.4, 0.5) is 5.82 Å². The normalized spacial score (nSPS) is 9.67. The second-order valence-electron chi connectivity index (χ2n) is 2.56. The number of nitrogens with one attached hydrogen (secondary N) is 1. The molecule has 0 spiro atoms. The first-order chi connectivity index (χ1) is 7.27. The van der Waals surface area contributed by atoms with Crippen molar-refractivity contribution in [1.29, 1.82) is 5.26 Å². The Morgan fingerprint density at radius 2 is 2.47 bits per heavy atom. The van der Waals surface area contributed by atoms with Crippen LogP contribution < -0.4 is 5.32 Å². The fourth-order valence-corrected chi connectivity index (χ4v) is 1.35. The number of anilines is 1. The fraction of sp³-hybridized carbons (Fsp3) is 0.333. The van der Waals surface area contributed by atoms with E-state index < -0.39 is 0 Å². The lowest BCUT2D eigenvalue weighted by Crippen LogP contribution is -2.09. The van der Waals surface area contributed by atoms with Crippen LogP contribution in [0.3, 0.4) is 0 Å². The van der Waals surface area contributed by atoms with E-state index in [-0.39, 0.29) is 0 Å². The molecule has 0 aliphatic carbocycles. The van der Waals surface area contributed by atoms with E-state index in [1.807, 2.05) is 12.3 Å². The Labute approximate surface area is 97.8 Å². The summed E-state index contributed by atoms with van der Waals surface area (Å²) in [6.07, 6.45) is 1.85. The zero-order valence-electron chi connectivity index (χ0n) is 8.16. The van der Waals surface area contributed by atoms with Gasteiger partial charge in [0.25, 0.3) is 0 Å². The van der Waals surface area contributed by atoms with Crippen LogP contribution in [0.25, 0.3) is 0 Å². The van der Waals surface area contributed by atoms with Crippen LogP contribution in [-0.4, -0.2) is 24.4 Å². The Morgan fingerprint density at radius 1 is 1.67 bits per heavy atom. The summed E-state index contributed by atoms with van der Waals surface area (Å²) >= 11 is 7.02. The quantitative estimate of drug-likeness (QED) is 0.489. The fourth-order valence-electron chi connectivity index (χ4n) is 0.955. The van der Waals surface area contributed by atoms with Crippen LogP contribution in [0, 0.1) is 11.3 Å². The highest BCUT2D eigenvalue weighted by Gasteiger charge is 2.03. The lowest BCUT2D eigenvalue weighted by molar-refractivity contribution is 0.394. The predicted molar refractivity (Wildman–Crippen MR) is 61.9 cm³/mol. The highest BCUT2D eigenvalue weighted by Crippen LogP contribution is 2.15. The zero-order chi connectivity index (χ0) is 11.1. The van der Waals surface area contributed by atoms with Crippen molar-refractivity contribution in [2.45, 2.75) is 0 Å². The van der Waals surface area contributed by atoms with Gasteiger partial charge in [-0.2, -0.15) is 5.26 Å². The molecule has 1 rings (SSSR count). The van der Waals surface area contributed by atoms with E-state index in [9.17, 15) is 0 Å². The third kappa shape index (κ3) is 3.96. The summed E-state index contributed by atoms with van der Waals surface area (Å²) in [7, 11) is 0. The van der Waals surface area contributed by atoms with E-state index in [1.54, 1.807) is 12.1 Å². The molecule has 0 aliphatic heterocycles. The van der Waals surface area contributed by atoms with Crippen LogP contribution in [-0.2, 0) is 4.18 Å². The monoisotopic (exact) mass is 243 g/mol. The van der Waals surface area contributed by atoms with Gasteiger partial charge in [0.2, 0.25) is 0 Å². The number of halogens is 1. The average Bonchev–Trinajstić information content (AvgIpc) is 2.25. The molecule has 0 radical (unpaired) electrons. The lowest BCUT2D eigenvalue weighted by Gasteiger charge is -2.06. The molecule has 0 aromatic carbocycles. The van der Waals surface area contributed by atoms with Crippen molar-refractivity contribution < 1.29 is 4.18 Å². The number of hydrogen-bond donors (Lipinski definition) is 1. The molecule has 0 saturated heterocycles. The summed E-state index contributed by atoms with van der Waals surface area (Å²) in [5.41, 5.74) is 0.476. The molecule has 0 atom stereocenters. The Hall–Kier alpha value is -0.960. The molecule has 80 valence electrons. The van der Waals surface area contributed by atoms with Crippen molar-refractivity contribution in [2.24, 2.45) is 0 Å². The first kappa shape index (κ1) is 12.1. The molecule has 0 fully saturated rings. The number of rotatable bonds is 5. The molecule has 1 aromatic heterocycles. The molecule has 1 heterocycles. The Morgan fingerprint density at radius 3 is 3.13 bits per heavy atom. The van der Waals surface area contributed by atoms with Gasteiger partial charge >= 0.3 is 0 Å². The number of aromatic nitrogens is 1. The molecular formula is C9H10ClN3OS. The van der Waals surface area contributed by atoms with Crippen LogP contribution >= 0.6 is 23.6 Å². The maximum absolute atomic E-state index is 8.80. The summed E-state index contributed by atoms with van der Waals surface area (Å²) < 4.78 is 5.07. The molecule has 0 unspecified atom stereocenters. The topological polar surface area (TPSA) is 57.9 Å². The number of nitriles is 1. The number of pyridine rings is 1. The maximum Gasteiger partial charge on any atom is 0.145 e. The van der Waals surface area contributed by atoms with Crippen molar-refractivity contribution in [1.82, 2.24) is 4.98 Å². The summed E-state index contributed by atoms with van der Waals surface area (Å²) in [6, 6.07) is 5.25. The van der Waals surface area contributed by atoms with Gasteiger partial charge in [-0.25, -0.2) is 4.98 Å². The minimum absolute atomic E-state index is 0.363. The predicted octanol–water partition coefficient (Wildman–Crippen LogP) is 2.31. The zero-order valence-corrected chi connectivity index (χ0v) is 9.73. The first-order valence-electron chi connectivity index (χ1n) is 4.24. The van der Waals surface area contributed by atoms with Gasteiger partial charge in [-0.15, -0.1) is 0 Å². The number of nitrogens with zero attached hydrogens (tertiary/aromatic N) is 2. The van der Waals surface area contributed by atoms with E-state index in [0.29, 0.717) is 29.7 Å². The summed E-state index contributed by atoms with van der Waals surface area (Å²) in [5, 5.41) is 12.2. The third-order valence-corrected chi connectivity index (χ3v) is 2.19. The highest BCUT2D eigenvalue weighted by molar-refractivity contribution is 7.93. The van der Waals surface area contributed by atoms with Gasteiger partial charge in [-0.3, -0.25) is 0 Å². The maximum atomic E-state index is 8.80. The summed E-state index contributed by atoms with van der Waals surface area (Å²) in [4.78, 5) is 4.01. The minimum Gasteiger partial charge on any atom is -0.367 e. The van der Waals surface area contributed by atoms with Gasteiger partial charge in [0, 0.05) is 12.8 Å². The summed E-state index contributed by atoms with van der Waals surface area (Å²) in [6.45, 7) is 1.13. The highest BCUT2D eigenvalue weighted by atomic mass is 35.5. The van der Waals surface area contributed by atoms with Crippen molar-refractivity contribution in [3.8, 4) is 6.07 Å². The minimum atomic E-state index is 0.363. The Balaban J connectivity index is 2.59. The van der Waals surface area contributed by atoms with Gasteiger partial charge in [-0.05, 0) is 24.2 Å². The van der Waals surface area contributed by atoms with Crippen molar-refractivity contribution in [3.63, 3.8) is 0 Å². The van der Waals surface area contributed by atoms with Crippen LogP contribution in [0.1, 0.15) is 5.56 Å². The smallest absolute Gasteiger partial charge is 0.145 e. The number of hydrogen-bond acceptors (Lipinski definition) is 5. The van der Waals surface area contributed by atoms with Gasteiger partial charge in [0.15, 0.2) is 0 Å². The second-order valence-corrected chi connectivity index (χ2v) is 3.51. The van der Waals surface area contributed by atoms with Gasteiger partial charge in [0.1, 0.15) is 17.0 Å². The van der Waals surface area contributed by atoms with E-state index in [4.69, 9.17) is 21.0 Å². The molecule has 0 bridgehead atoms. The van der Waals surface area contributed by atoms with Crippen molar-refractivity contribution >= 4 is 29.5 Å². The molecule has 4 nitrogen and oxygen atoms in total. The largest absolute Gasteiger partial charge is 0.367 e. The van der Waals surface area contributed by atoms with E-state index >= 15 is 0 Å². The van der Waals surface area contributed by atoms with Crippen LogP contribution in [0.15, 0.2) is 12.1 Å². The van der Waals surface area contributed by atoms with Gasteiger partial charge in [-0.1, -0.05) is 11.6 Å². The van der Waals surface area contributed by atoms with Crippen LogP contribution in [0.5, 0.6) is 0 Å². The third-order valence-electron chi connectivity index (χ3n) is 1.58. The molecule has 15 heavy (non-hydrogen) atoms. The van der Waals surface area contributed by atoms with Crippen LogP contribution in [0.2, 0.25) is 5.15 Å². The lowest BCUT2D eigenvalue weighted by atomic mass is 10.3. The Kier molecular flexibility index (Phi) is 5.26. The van der Waals surface area contributed by atoms with Crippen molar-refractivity contribution in [3.05, 3.63) is 22.8 Å². The van der Waals surface area contributed by atoms with Gasteiger partial charge in [0.05, 0.1) is 12.2 Å². The second kappa shape index (κ2) is 6.51. The Bertz CT molecular complexity index is 367. The molecule has 0 aliphatic rings. The van der Waals surface area contributed by atoms with E-state index in [1.165, 1.54) is 12.0 Å². The molecule has 0 amide bonds. The van der Waals surface area contributed by atoms with E-state index in [0.717, 1.165) is 0 Å². The SMILES string of the molecule is CSOCCNc1nc(Cl)ccc1C#N. The standard InChI is InChI=1S/C9H10ClN3OS/c1-15-14-5-4-12-9-7(6-11)2-3-8(10)13-9/h2-3H,4-5H2,1H3,(H,12,13). The van der Waals surface area contributed by atoms with E-state index in [2.05, 4.69) is 10.3 Å². The van der Waals surface area contributed by atoms with Crippen molar-refractivity contribution in [2.75, 3.05) is 24.7 Å². The molecular weight excluding hydrogens is 234 g/mol. The molecule has 6 heteroatoms.